The number of hydrogen-bond acceptors (Lipinski definition) is 4. The molecule has 1 amide bonds. The number of aromatic nitrogens is 2. The van der Waals surface area contributed by atoms with Gasteiger partial charge in [-0.15, -0.1) is 0 Å². The molecule has 130 valence electrons. The van der Waals surface area contributed by atoms with Crippen molar-refractivity contribution in [1.82, 2.24) is 14.5 Å². The number of nitrogens with zero attached hydrogens (tertiary/aromatic N) is 3. The molecule has 2 N–H and O–H groups in total. The van der Waals surface area contributed by atoms with Crippen LogP contribution in [0, 0.1) is 11.8 Å². The molecule has 1 aliphatic rings. The van der Waals surface area contributed by atoms with Crippen molar-refractivity contribution >= 4 is 22.9 Å². The molecule has 0 spiro atoms. The van der Waals surface area contributed by atoms with Gasteiger partial charge in [-0.1, -0.05) is 26.0 Å². The fourth-order valence-electron chi connectivity index (χ4n) is 3.64. The smallest absolute Gasteiger partial charge is 0.242 e. The van der Waals surface area contributed by atoms with Crippen LogP contribution in [0.4, 0.5) is 5.95 Å². The summed E-state index contributed by atoms with van der Waals surface area (Å²) < 4.78 is 1.91. The maximum atomic E-state index is 12.8. The van der Waals surface area contributed by atoms with E-state index in [0.717, 1.165) is 24.1 Å². The molecule has 2 aromatic rings. The van der Waals surface area contributed by atoms with Crippen molar-refractivity contribution < 1.29 is 9.90 Å². The SMILES string of the molecule is C[C@@H]1C[C@H](C)CN(C(=O)Cn2c(NCCO)nc3ccccc32)C1. The third kappa shape index (κ3) is 3.53. The molecule has 2 heterocycles. The molecule has 1 aromatic carbocycles. The van der Waals surface area contributed by atoms with Crippen LogP contribution < -0.4 is 5.32 Å². The Balaban J connectivity index is 1.83. The van der Waals surface area contributed by atoms with E-state index in [-0.39, 0.29) is 19.1 Å². The highest BCUT2D eigenvalue weighted by atomic mass is 16.3. The normalized spacial score (nSPS) is 21.2. The zero-order chi connectivity index (χ0) is 17.1. The van der Waals surface area contributed by atoms with Gasteiger partial charge in [-0.25, -0.2) is 4.98 Å². The molecule has 1 aliphatic heterocycles. The minimum Gasteiger partial charge on any atom is -0.395 e. The third-order valence-electron chi connectivity index (χ3n) is 4.56. The monoisotopic (exact) mass is 330 g/mol. The van der Waals surface area contributed by atoms with Crippen LogP contribution in [0.1, 0.15) is 20.3 Å². The average molecular weight is 330 g/mol. The summed E-state index contributed by atoms with van der Waals surface area (Å²) in [5, 5.41) is 12.2. The highest BCUT2D eigenvalue weighted by Gasteiger charge is 2.26. The van der Waals surface area contributed by atoms with E-state index in [9.17, 15) is 4.79 Å². The Morgan fingerprint density at radius 1 is 1.29 bits per heavy atom. The van der Waals surface area contributed by atoms with Crippen molar-refractivity contribution in [2.45, 2.75) is 26.8 Å². The van der Waals surface area contributed by atoms with Crippen molar-refractivity contribution in [1.29, 1.82) is 0 Å². The minimum absolute atomic E-state index is 0.0261. The Morgan fingerprint density at radius 2 is 2.00 bits per heavy atom. The largest absolute Gasteiger partial charge is 0.395 e. The zero-order valence-electron chi connectivity index (χ0n) is 14.4. The van der Waals surface area contributed by atoms with E-state index in [1.807, 2.05) is 33.7 Å². The van der Waals surface area contributed by atoms with Crippen molar-refractivity contribution in [2.75, 3.05) is 31.6 Å². The van der Waals surface area contributed by atoms with E-state index in [1.54, 1.807) is 0 Å². The number of rotatable bonds is 5. The van der Waals surface area contributed by atoms with E-state index in [0.29, 0.717) is 24.3 Å². The van der Waals surface area contributed by atoms with Crippen LogP contribution in [0.2, 0.25) is 0 Å². The van der Waals surface area contributed by atoms with E-state index >= 15 is 0 Å². The van der Waals surface area contributed by atoms with Crippen LogP contribution in [0.5, 0.6) is 0 Å². The standard InChI is InChI=1S/C18H26N4O2/c1-13-9-14(2)11-21(10-13)17(24)12-22-16-6-4-3-5-15(16)20-18(22)19-7-8-23/h3-6,13-14,23H,7-12H2,1-2H3,(H,19,20)/t13-,14+. The Morgan fingerprint density at radius 3 is 2.71 bits per heavy atom. The van der Waals surface area contributed by atoms with Crippen molar-refractivity contribution in [2.24, 2.45) is 11.8 Å². The first-order valence-electron chi connectivity index (χ1n) is 8.66. The summed E-state index contributed by atoms with van der Waals surface area (Å²) in [4.78, 5) is 19.4. The zero-order valence-corrected chi connectivity index (χ0v) is 14.4. The number of amides is 1. The number of fused-ring (bicyclic) bond motifs is 1. The topological polar surface area (TPSA) is 70.4 Å². The summed E-state index contributed by atoms with van der Waals surface area (Å²) in [5.74, 6) is 1.86. The number of para-hydroxylation sites is 2. The molecule has 6 heteroatoms. The van der Waals surface area contributed by atoms with E-state index in [4.69, 9.17) is 5.11 Å². The van der Waals surface area contributed by atoms with Crippen molar-refractivity contribution in [3.05, 3.63) is 24.3 Å². The second kappa shape index (κ2) is 7.21. The Labute approximate surface area is 142 Å². The molecular weight excluding hydrogens is 304 g/mol. The molecule has 1 saturated heterocycles. The number of carbonyl (C=O) groups is 1. The number of likely N-dealkylation sites (tertiary alicyclic amines) is 1. The van der Waals surface area contributed by atoms with Gasteiger partial charge >= 0.3 is 0 Å². The summed E-state index contributed by atoms with van der Waals surface area (Å²) in [5.41, 5.74) is 1.79. The van der Waals surface area contributed by atoms with E-state index in [2.05, 4.69) is 24.1 Å². The highest BCUT2D eigenvalue weighted by Crippen LogP contribution is 2.23. The summed E-state index contributed by atoms with van der Waals surface area (Å²) in [6.45, 7) is 6.78. The van der Waals surface area contributed by atoms with Crippen molar-refractivity contribution in [3.63, 3.8) is 0 Å². The fraction of sp³-hybridized carbons (Fsp3) is 0.556. The molecule has 0 saturated carbocycles. The van der Waals surface area contributed by atoms with Gasteiger partial charge in [0.05, 0.1) is 17.6 Å². The highest BCUT2D eigenvalue weighted by molar-refractivity contribution is 5.83. The lowest BCUT2D eigenvalue weighted by molar-refractivity contribution is -0.134. The number of nitrogens with one attached hydrogen (secondary N) is 1. The maximum absolute atomic E-state index is 12.8. The molecule has 2 atom stereocenters. The minimum atomic E-state index is 0.0261. The van der Waals surface area contributed by atoms with Gasteiger partial charge in [0.25, 0.3) is 0 Å². The van der Waals surface area contributed by atoms with Crippen LogP contribution in [-0.2, 0) is 11.3 Å². The van der Waals surface area contributed by atoms with Gasteiger partial charge < -0.3 is 19.9 Å². The second-order valence-corrected chi connectivity index (χ2v) is 6.91. The van der Waals surface area contributed by atoms with Crippen LogP contribution in [0.3, 0.4) is 0 Å². The molecule has 6 nitrogen and oxygen atoms in total. The number of piperidine rings is 1. The van der Waals surface area contributed by atoms with Crippen LogP contribution in [0.15, 0.2) is 24.3 Å². The molecule has 1 aromatic heterocycles. The first kappa shape index (κ1) is 16.8. The first-order valence-corrected chi connectivity index (χ1v) is 8.66. The van der Waals surface area contributed by atoms with Crippen LogP contribution >= 0.6 is 0 Å². The third-order valence-corrected chi connectivity index (χ3v) is 4.56. The molecule has 24 heavy (non-hydrogen) atoms. The Kier molecular flexibility index (Phi) is 5.04. The van der Waals surface area contributed by atoms with Gasteiger partial charge in [0.15, 0.2) is 0 Å². The van der Waals surface area contributed by atoms with Gasteiger partial charge in [0.2, 0.25) is 11.9 Å². The lowest BCUT2D eigenvalue weighted by Crippen LogP contribution is -2.44. The van der Waals surface area contributed by atoms with Gasteiger partial charge in [0, 0.05) is 19.6 Å². The molecule has 3 rings (SSSR count). The van der Waals surface area contributed by atoms with Gasteiger partial charge in [-0.3, -0.25) is 4.79 Å². The predicted molar refractivity (Wildman–Crippen MR) is 94.8 cm³/mol. The summed E-state index contributed by atoms with van der Waals surface area (Å²) in [6.07, 6.45) is 1.18. The average Bonchev–Trinajstić information content (AvgIpc) is 2.90. The lowest BCUT2D eigenvalue weighted by Gasteiger charge is -2.35. The maximum Gasteiger partial charge on any atom is 0.242 e. The van der Waals surface area contributed by atoms with Gasteiger partial charge in [-0.2, -0.15) is 0 Å². The van der Waals surface area contributed by atoms with Gasteiger partial charge in [-0.05, 0) is 30.4 Å². The number of imidazole rings is 1. The molecule has 0 bridgehead atoms. The van der Waals surface area contributed by atoms with E-state index < -0.39 is 0 Å². The van der Waals surface area contributed by atoms with Crippen LogP contribution in [0.25, 0.3) is 11.0 Å². The number of aliphatic hydroxyl groups excluding tert-OH is 1. The quantitative estimate of drug-likeness (QED) is 0.879. The Hall–Kier alpha value is -2.08. The van der Waals surface area contributed by atoms with E-state index in [1.165, 1.54) is 6.42 Å². The molecule has 0 aliphatic carbocycles. The Bertz CT molecular complexity index is 702. The first-order chi connectivity index (χ1) is 11.6. The van der Waals surface area contributed by atoms with Crippen LogP contribution in [-0.4, -0.2) is 51.7 Å². The number of aliphatic hydroxyl groups is 1. The number of anilines is 1. The summed E-state index contributed by atoms with van der Waals surface area (Å²) in [7, 11) is 0. The summed E-state index contributed by atoms with van der Waals surface area (Å²) >= 11 is 0. The molecule has 0 unspecified atom stereocenters. The van der Waals surface area contributed by atoms with Crippen molar-refractivity contribution in [3.8, 4) is 0 Å². The fourth-order valence-corrected chi connectivity index (χ4v) is 3.64. The number of carbonyl (C=O) groups excluding carboxylic acids is 1. The predicted octanol–water partition coefficient (Wildman–Crippen LogP) is 1.94. The summed E-state index contributed by atoms with van der Waals surface area (Å²) in [6, 6.07) is 7.80. The second-order valence-electron chi connectivity index (χ2n) is 6.91. The number of hydrogen-bond donors (Lipinski definition) is 2. The number of benzene rings is 1. The van der Waals surface area contributed by atoms with Gasteiger partial charge in [0.1, 0.15) is 6.54 Å². The lowest BCUT2D eigenvalue weighted by atomic mass is 9.92. The molecular formula is C18H26N4O2. The molecule has 1 fully saturated rings. The molecule has 0 radical (unpaired) electrons.